The van der Waals surface area contributed by atoms with E-state index in [0.29, 0.717) is 16.6 Å². The molecule has 1 aromatic heterocycles. The van der Waals surface area contributed by atoms with Crippen LogP contribution in [0.3, 0.4) is 0 Å². The summed E-state index contributed by atoms with van der Waals surface area (Å²) in [7, 11) is 0. The van der Waals surface area contributed by atoms with Crippen molar-refractivity contribution in [3.05, 3.63) is 65.1 Å². The molecule has 2 amide bonds. The summed E-state index contributed by atoms with van der Waals surface area (Å²) in [6.45, 7) is 3.37. The van der Waals surface area contributed by atoms with Crippen molar-refractivity contribution in [2.75, 3.05) is 18.4 Å². The van der Waals surface area contributed by atoms with E-state index in [4.69, 9.17) is 0 Å². The molecule has 1 aliphatic rings. The van der Waals surface area contributed by atoms with Gasteiger partial charge in [-0.25, -0.2) is 4.39 Å². The number of halogens is 1. The number of hydrogen-bond acceptors (Lipinski definition) is 2. The lowest BCUT2D eigenvalue weighted by molar-refractivity contribution is -0.115. The van der Waals surface area contributed by atoms with Crippen molar-refractivity contribution in [1.29, 1.82) is 0 Å². The summed E-state index contributed by atoms with van der Waals surface area (Å²) in [6.07, 6.45) is 3.27. The number of para-hydroxylation sites is 1. The smallest absolute Gasteiger partial charge is 0.255 e. The van der Waals surface area contributed by atoms with Crippen LogP contribution < -0.4 is 5.32 Å². The van der Waals surface area contributed by atoms with Gasteiger partial charge in [0.25, 0.3) is 5.91 Å². The normalized spacial score (nSPS) is 14.2. The van der Waals surface area contributed by atoms with Gasteiger partial charge in [-0.15, -0.1) is 0 Å². The number of carbonyl (C=O) groups excluding carboxylic acids is 2. The zero-order valence-electron chi connectivity index (χ0n) is 16.4. The van der Waals surface area contributed by atoms with E-state index in [1.54, 1.807) is 30.3 Å². The zero-order valence-corrected chi connectivity index (χ0v) is 16.4. The number of aryl methyl sites for hydroxylation is 1. The first-order valence-electron chi connectivity index (χ1n) is 9.98. The standard InChI is InChI=1S/C23H24FN3O2/c1-15-18(19-13-16(24)9-10-21(19)25-15)14-22(28)26-20-8-4-3-7-17(20)23(29)27-11-5-2-6-12-27/h3-4,7-10,13,25H,2,5-6,11-12,14H2,1H3,(H,26,28). The highest BCUT2D eigenvalue weighted by atomic mass is 19.1. The van der Waals surface area contributed by atoms with Crippen LogP contribution in [0.1, 0.15) is 40.9 Å². The molecule has 5 nitrogen and oxygen atoms in total. The van der Waals surface area contributed by atoms with Crippen LogP contribution in [-0.4, -0.2) is 34.8 Å². The van der Waals surface area contributed by atoms with Gasteiger partial charge in [0.2, 0.25) is 5.91 Å². The van der Waals surface area contributed by atoms with E-state index < -0.39 is 0 Å². The first-order valence-corrected chi connectivity index (χ1v) is 9.98. The molecule has 4 rings (SSSR count). The van der Waals surface area contributed by atoms with Gasteiger partial charge in [0.1, 0.15) is 5.82 Å². The van der Waals surface area contributed by atoms with E-state index in [-0.39, 0.29) is 24.1 Å². The van der Waals surface area contributed by atoms with Gasteiger partial charge >= 0.3 is 0 Å². The maximum atomic E-state index is 13.7. The van der Waals surface area contributed by atoms with Gasteiger partial charge in [-0.2, -0.15) is 0 Å². The molecule has 0 spiro atoms. The highest BCUT2D eigenvalue weighted by molar-refractivity contribution is 6.04. The third-order valence-corrected chi connectivity index (χ3v) is 5.49. The Morgan fingerprint density at radius 3 is 2.66 bits per heavy atom. The molecule has 2 heterocycles. The van der Waals surface area contributed by atoms with Crippen molar-refractivity contribution >= 4 is 28.4 Å². The Hall–Kier alpha value is -3.15. The lowest BCUT2D eigenvalue weighted by atomic mass is 10.1. The molecule has 1 aliphatic heterocycles. The van der Waals surface area contributed by atoms with E-state index in [0.717, 1.165) is 49.1 Å². The molecule has 3 aromatic rings. The van der Waals surface area contributed by atoms with Crippen LogP contribution in [0, 0.1) is 12.7 Å². The highest BCUT2D eigenvalue weighted by Gasteiger charge is 2.21. The fourth-order valence-electron chi connectivity index (χ4n) is 3.98. The first-order chi connectivity index (χ1) is 14.0. The molecule has 0 atom stereocenters. The largest absolute Gasteiger partial charge is 0.358 e. The van der Waals surface area contributed by atoms with E-state index >= 15 is 0 Å². The topological polar surface area (TPSA) is 65.2 Å². The molecule has 1 fully saturated rings. The first kappa shape index (κ1) is 19.2. The van der Waals surface area contributed by atoms with Crippen LogP contribution in [0.25, 0.3) is 10.9 Å². The number of aromatic nitrogens is 1. The zero-order chi connectivity index (χ0) is 20.4. The molecule has 0 bridgehead atoms. The number of rotatable bonds is 4. The second-order valence-corrected chi connectivity index (χ2v) is 7.54. The number of carbonyl (C=O) groups is 2. The van der Waals surface area contributed by atoms with Crippen molar-refractivity contribution < 1.29 is 14.0 Å². The Balaban J connectivity index is 1.54. The predicted molar refractivity (Wildman–Crippen MR) is 112 cm³/mol. The number of fused-ring (bicyclic) bond motifs is 1. The molecular weight excluding hydrogens is 369 g/mol. The highest BCUT2D eigenvalue weighted by Crippen LogP contribution is 2.25. The van der Waals surface area contributed by atoms with Gasteiger partial charge in [0, 0.05) is 29.7 Å². The minimum Gasteiger partial charge on any atom is -0.358 e. The fraction of sp³-hybridized carbons (Fsp3) is 0.304. The summed E-state index contributed by atoms with van der Waals surface area (Å²) in [4.78, 5) is 30.7. The number of amides is 2. The number of aromatic amines is 1. The quantitative estimate of drug-likeness (QED) is 0.689. The fourth-order valence-corrected chi connectivity index (χ4v) is 3.98. The average molecular weight is 393 g/mol. The van der Waals surface area contributed by atoms with Crippen molar-refractivity contribution in [2.24, 2.45) is 0 Å². The van der Waals surface area contributed by atoms with E-state index in [1.165, 1.54) is 12.1 Å². The van der Waals surface area contributed by atoms with Crippen molar-refractivity contribution in [2.45, 2.75) is 32.6 Å². The van der Waals surface area contributed by atoms with Crippen molar-refractivity contribution in [3.8, 4) is 0 Å². The van der Waals surface area contributed by atoms with Crippen LogP contribution in [-0.2, 0) is 11.2 Å². The van der Waals surface area contributed by atoms with Gasteiger partial charge in [-0.1, -0.05) is 12.1 Å². The third-order valence-electron chi connectivity index (χ3n) is 5.49. The molecule has 2 N–H and O–H groups in total. The van der Waals surface area contributed by atoms with Crippen LogP contribution in [0.4, 0.5) is 10.1 Å². The summed E-state index contributed by atoms with van der Waals surface area (Å²) in [6, 6.07) is 11.6. The Morgan fingerprint density at radius 1 is 1.10 bits per heavy atom. The third kappa shape index (κ3) is 4.01. The van der Waals surface area contributed by atoms with E-state index in [9.17, 15) is 14.0 Å². The van der Waals surface area contributed by atoms with Gasteiger partial charge in [0.05, 0.1) is 17.7 Å². The second kappa shape index (κ2) is 8.07. The Labute approximate surface area is 168 Å². The summed E-state index contributed by atoms with van der Waals surface area (Å²) < 4.78 is 13.7. The minimum absolute atomic E-state index is 0.0501. The summed E-state index contributed by atoms with van der Waals surface area (Å²) in [5.41, 5.74) is 3.41. The lowest BCUT2D eigenvalue weighted by Crippen LogP contribution is -2.36. The predicted octanol–water partition coefficient (Wildman–Crippen LogP) is 4.42. The van der Waals surface area contributed by atoms with Crippen LogP contribution in [0.2, 0.25) is 0 Å². The second-order valence-electron chi connectivity index (χ2n) is 7.54. The van der Waals surface area contributed by atoms with Crippen LogP contribution >= 0.6 is 0 Å². The molecular formula is C23H24FN3O2. The van der Waals surface area contributed by atoms with Crippen molar-refractivity contribution in [1.82, 2.24) is 9.88 Å². The maximum Gasteiger partial charge on any atom is 0.255 e. The molecule has 1 saturated heterocycles. The van der Waals surface area contributed by atoms with Crippen LogP contribution in [0.15, 0.2) is 42.5 Å². The Bertz CT molecular complexity index is 1070. The number of likely N-dealkylation sites (tertiary alicyclic amines) is 1. The van der Waals surface area contributed by atoms with Gasteiger partial charge in [0.15, 0.2) is 0 Å². The monoisotopic (exact) mass is 393 g/mol. The molecule has 0 aliphatic carbocycles. The molecule has 2 aromatic carbocycles. The molecule has 0 radical (unpaired) electrons. The molecule has 0 saturated carbocycles. The number of anilines is 1. The van der Waals surface area contributed by atoms with Gasteiger partial charge in [-0.05, 0) is 62.1 Å². The number of nitrogens with zero attached hydrogens (tertiary/aromatic N) is 1. The molecule has 6 heteroatoms. The summed E-state index contributed by atoms with van der Waals surface area (Å²) >= 11 is 0. The SMILES string of the molecule is Cc1[nH]c2ccc(F)cc2c1CC(=O)Nc1ccccc1C(=O)N1CCCCC1. The number of H-pyrrole nitrogens is 1. The number of hydrogen-bond donors (Lipinski definition) is 2. The van der Waals surface area contributed by atoms with E-state index in [1.807, 2.05) is 11.8 Å². The molecule has 0 unspecified atom stereocenters. The average Bonchev–Trinajstić information content (AvgIpc) is 3.03. The van der Waals surface area contributed by atoms with Crippen LogP contribution in [0.5, 0.6) is 0 Å². The Morgan fingerprint density at radius 2 is 1.86 bits per heavy atom. The van der Waals surface area contributed by atoms with Gasteiger partial charge in [-0.3, -0.25) is 9.59 Å². The van der Waals surface area contributed by atoms with E-state index in [2.05, 4.69) is 10.3 Å². The maximum absolute atomic E-state index is 13.7. The number of nitrogens with one attached hydrogen (secondary N) is 2. The Kier molecular flexibility index (Phi) is 5.34. The summed E-state index contributed by atoms with van der Waals surface area (Å²) in [5, 5.41) is 3.59. The molecule has 150 valence electrons. The summed E-state index contributed by atoms with van der Waals surface area (Å²) in [5.74, 6) is -0.626. The number of piperidine rings is 1. The van der Waals surface area contributed by atoms with Gasteiger partial charge < -0.3 is 15.2 Å². The van der Waals surface area contributed by atoms with Crippen molar-refractivity contribution in [3.63, 3.8) is 0 Å². The molecule has 29 heavy (non-hydrogen) atoms. The minimum atomic E-state index is -0.337. The lowest BCUT2D eigenvalue weighted by Gasteiger charge is -2.27. The number of benzene rings is 2.